The molecule has 0 aliphatic rings. The quantitative estimate of drug-likeness (QED) is 0.714. The first-order chi connectivity index (χ1) is 12.1. The lowest BCUT2D eigenvalue weighted by Gasteiger charge is -2.18. The van der Waals surface area contributed by atoms with Crippen LogP contribution >= 0.6 is 0 Å². The Morgan fingerprint density at radius 2 is 1.81 bits per heavy atom. The number of sulfonamides is 1. The fraction of sp³-hybridized carbons (Fsp3) is 0.353. The highest BCUT2D eigenvalue weighted by Crippen LogP contribution is 2.16. The molecule has 2 aromatic rings. The van der Waals surface area contributed by atoms with E-state index < -0.39 is 21.5 Å². The van der Waals surface area contributed by atoms with Gasteiger partial charge < -0.3 is 14.5 Å². The van der Waals surface area contributed by atoms with Crippen LogP contribution in [0.25, 0.3) is 0 Å². The van der Waals surface area contributed by atoms with E-state index in [0.29, 0.717) is 5.75 Å². The molecular weight excluding hydrogens is 363 g/mol. The van der Waals surface area contributed by atoms with E-state index >= 15 is 0 Å². The van der Waals surface area contributed by atoms with Crippen LogP contribution in [0, 0.1) is 5.82 Å². The zero-order valence-corrected chi connectivity index (χ0v) is 15.5. The first-order valence-electron chi connectivity index (χ1n) is 7.87. The summed E-state index contributed by atoms with van der Waals surface area (Å²) in [6, 6.07) is 7.99. The van der Waals surface area contributed by atoms with Crippen LogP contribution in [0.15, 0.2) is 45.9 Å². The molecule has 0 aliphatic heterocycles. The highest BCUT2D eigenvalue weighted by atomic mass is 32.2. The molecule has 2 N–H and O–H groups in total. The SMILES string of the molecule is CC(C)(C)NS(=O)(=O)c1ccc(C(=O)NCCOc2ccc(F)cc2)o1. The smallest absolute Gasteiger partial charge is 0.287 e. The van der Waals surface area contributed by atoms with Gasteiger partial charge in [-0.05, 0) is 57.2 Å². The fourth-order valence-corrected chi connectivity index (χ4v) is 3.34. The van der Waals surface area contributed by atoms with Crippen molar-refractivity contribution in [2.24, 2.45) is 0 Å². The summed E-state index contributed by atoms with van der Waals surface area (Å²) in [5, 5.41) is 2.21. The molecule has 2 rings (SSSR count). The molecule has 0 radical (unpaired) electrons. The van der Waals surface area contributed by atoms with E-state index in [9.17, 15) is 17.6 Å². The molecule has 0 atom stereocenters. The first kappa shape index (κ1) is 19.9. The van der Waals surface area contributed by atoms with E-state index in [1.807, 2.05) is 0 Å². The molecular formula is C17H21FN2O5S. The predicted molar refractivity (Wildman–Crippen MR) is 93.0 cm³/mol. The number of hydrogen-bond donors (Lipinski definition) is 2. The van der Waals surface area contributed by atoms with Crippen molar-refractivity contribution < 1.29 is 26.8 Å². The largest absolute Gasteiger partial charge is 0.492 e. The van der Waals surface area contributed by atoms with Crippen molar-refractivity contribution in [2.75, 3.05) is 13.2 Å². The number of carbonyl (C=O) groups is 1. The number of ether oxygens (including phenoxy) is 1. The third-order valence-electron chi connectivity index (χ3n) is 2.98. The summed E-state index contributed by atoms with van der Waals surface area (Å²) in [4.78, 5) is 12.0. The van der Waals surface area contributed by atoms with Gasteiger partial charge in [0.1, 0.15) is 18.2 Å². The van der Waals surface area contributed by atoms with Gasteiger partial charge in [-0.15, -0.1) is 0 Å². The number of nitrogens with one attached hydrogen (secondary N) is 2. The van der Waals surface area contributed by atoms with E-state index in [-0.39, 0.29) is 29.8 Å². The molecule has 0 fully saturated rings. The Morgan fingerprint density at radius 3 is 2.42 bits per heavy atom. The molecule has 1 amide bonds. The van der Waals surface area contributed by atoms with Gasteiger partial charge >= 0.3 is 0 Å². The molecule has 9 heteroatoms. The van der Waals surface area contributed by atoms with Crippen molar-refractivity contribution in [1.82, 2.24) is 10.0 Å². The monoisotopic (exact) mass is 384 g/mol. The van der Waals surface area contributed by atoms with Crippen molar-refractivity contribution in [2.45, 2.75) is 31.4 Å². The maximum absolute atomic E-state index is 12.8. The van der Waals surface area contributed by atoms with Gasteiger partial charge in [0.25, 0.3) is 15.9 Å². The normalized spacial score (nSPS) is 12.0. The maximum Gasteiger partial charge on any atom is 0.287 e. The molecule has 0 saturated heterocycles. The molecule has 1 aromatic heterocycles. The molecule has 26 heavy (non-hydrogen) atoms. The van der Waals surface area contributed by atoms with Gasteiger partial charge in [0.15, 0.2) is 5.76 Å². The third-order valence-corrected chi connectivity index (χ3v) is 4.61. The second-order valence-corrected chi connectivity index (χ2v) is 8.15. The van der Waals surface area contributed by atoms with Crippen LogP contribution in [0.2, 0.25) is 0 Å². The van der Waals surface area contributed by atoms with E-state index in [1.165, 1.54) is 36.4 Å². The zero-order valence-electron chi connectivity index (χ0n) is 14.7. The maximum atomic E-state index is 12.8. The lowest BCUT2D eigenvalue weighted by Crippen LogP contribution is -2.40. The molecule has 0 bridgehead atoms. The minimum absolute atomic E-state index is 0.124. The van der Waals surface area contributed by atoms with Gasteiger partial charge in [-0.25, -0.2) is 17.5 Å². The van der Waals surface area contributed by atoms with Gasteiger partial charge in [0.2, 0.25) is 5.09 Å². The Balaban J connectivity index is 1.86. The van der Waals surface area contributed by atoms with Crippen LogP contribution in [-0.4, -0.2) is 33.0 Å². The van der Waals surface area contributed by atoms with Crippen molar-refractivity contribution in [1.29, 1.82) is 0 Å². The van der Waals surface area contributed by atoms with Gasteiger partial charge in [-0.1, -0.05) is 0 Å². The van der Waals surface area contributed by atoms with Crippen molar-refractivity contribution >= 4 is 15.9 Å². The highest BCUT2D eigenvalue weighted by molar-refractivity contribution is 7.89. The average molecular weight is 384 g/mol. The van der Waals surface area contributed by atoms with Crippen LogP contribution in [0.1, 0.15) is 31.3 Å². The number of amides is 1. The number of benzene rings is 1. The van der Waals surface area contributed by atoms with Gasteiger partial charge in [0, 0.05) is 5.54 Å². The van der Waals surface area contributed by atoms with Crippen LogP contribution in [0.4, 0.5) is 4.39 Å². The minimum Gasteiger partial charge on any atom is -0.492 e. The van der Waals surface area contributed by atoms with Crippen LogP contribution in [0.3, 0.4) is 0 Å². The third kappa shape index (κ3) is 5.85. The number of furan rings is 1. The fourth-order valence-electron chi connectivity index (χ4n) is 1.99. The molecule has 0 aliphatic carbocycles. The Hall–Kier alpha value is -2.39. The Kier molecular flexibility index (Phi) is 6.04. The minimum atomic E-state index is -3.85. The number of carbonyl (C=O) groups excluding carboxylic acids is 1. The summed E-state index contributed by atoms with van der Waals surface area (Å²) >= 11 is 0. The standard InChI is InChI=1S/C17H21FN2O5S/c1-17(2,3)20-26(22,23)15-9-8-14(25-15)16(21)19-10-11-24-13-6-4-12(18)5-7-13/h4-9,20H,10-11H2,1-3H3,(H,19,21). The van der Waals surface area contributed by atoms with E-state index in [1.54, 1.807) is 20.8 Å². The molecule has 142 valence electrons. The molecule has 0 spiro atoms. The summed E-state index contributed by atoms with van der Waals surface area (Å²) in [6.45, 7) is 5.42. The summed E-state index contributed by atoms with van der Waals surface area (Å²) in [5.74, 6) is -0.582. The molecule has 0 unspecified atom stereocenters. The number of halogens is 1. The molecule has 0 saturated carbocycles. The van der Waals surface area contributed by atoms with E-state index in [4.69, 9.17) is 9.15 Å². The zero-order chi connectivity index (χ0) is 19.4. The summed E-state index contributed by atoms with van der Waals surface area (Å²) in [5.41, 5.74) is -0.675. The Morgan fingerprint density at radius 1 is 1.15 bits per heavy atom. The second kappa shape index (κ2) is 7.88. The second-order valence-electron chi connectivity index (χ2n) is 6.53. The van der Waals surface area contributed by atoms with E-state index in [2.05, 4.69) is 10.0 Å². The van der Waals surface area contributed by atoms with Crippen molar-refractivity contribution in [3.63, 3.8) is 0 Å². The van der Waals surface area contributed by atoms with Gasteiger partial charge in [0.05, 0.1) is 6.54 Å². The highest BCUT2D eigenvalue weighted by Gasteiger charge is 2.26. The van der Waals surface area contributed by atoms with Gasteiger partial charge in [-0.2, -0.15) is 0 Å². The predicted octanol–water partition coefficient (Wildman–Crippen LogP) is 2.30. The molecule has 7 nitrogen and oxygen atoms in total. The Bertz CT molecular complexity index is 854. The average Bonchev–Trinajstić information content (AvgIpc) is 3.02. The van der Waals surface area contributed by atoms with Crippen molar-refractivity contribution in [3.8, 4) is 5.75 Å². The molecule has 1 aromatic carbocycles. The lowest BCUT2D eigenvalue weighted by molar-refractivity contribution is 0.0914. The van der Waals surface area contributed by atoms with Crippen LogP contribution in [-0.2, 0) is 10.0 Å². The number of hydrogen-bond acceptors (Lipinski definition) is 5. The number of rotatable bonds is 7. The van der Waals surface area contributed by atoms with Crippen molar-refractivity contribution in [3.05, 3.63) is 48.0 Å². The topological polar surface area (TPSA) is 97.6 Å². The summed E-state index contributed by atoms with van der Waals surface area (Å²) in [6.07, 6.45) is 0. The summed E-state index contributed by atoms with van der Waals surface area (Å²) < 4.78 is 50.0. The van der Waals surface area contributed by atoms with E-state index in [0.717, 1.165) is 0 Å². The Labute approximate surface area is 151 Å². The van der Waals surface area contributed by atoms with Gasteiger partial charge in [-0.3, -0.25) is 4.79 Å². The summed E-state index contributed by atoms with van der Waals surface area (Å²) in [7, 11) is -3.85. The first-order valence-corrected chi connectivity index (χ1v) is 9.35. The van der Waals surface area contributed by atoms with Crippen LogP contribution in [0.5, 0.6) is 5.75 Å². The lowest BCUT2D eigenvalue weighted by atomic mass is 10.1. The molecule has 1 heterocycles. The van der Waals surface area contributed by atoms with Crippen LogP contribution < -0.4 is 14.8 Å².